The minimum Gasteiger partial charge on any atom is -0.324 e. The molecular weight excluding hydrogens is 207 g/mol. The molecular formula is C11H13FN4. The lowest BCUT2D eigenvalue weighted by molar-refractivity contribution is 0.625. The van der Waals surface area contributed by atoms with Crippen LogP contribution in [0.5, 0.6) is 0 Å². The molecule has 0 atom stereocenters. The second kappa shape index (κ2) is 4.40. The number of hydrogen-bond acceptors (Lipinski definition) is 3. The summed E-state index contributed by atoms with van der Waals surface area (Å²) in [5, 5.41) is 7.97. The van der Waals surface area contributed by atoms with E-state index in [9.17, 15) is 4.39 Å². The SMILES string of the molecule is Cn1c(CN)nnc1Cc1cccc(F)c1. The van der Waals surface area contributed by atoms with Gasteiger partial charge in [0.2, 0.25) is 0 Å². The second-order valence-electron chi connectivity index (χ2n) is 3.60. The Morgan fingerprint density at radius 1 is 1.31 bits per heavy atom. The lowest BCUT2D eigenvalue weighted by Gasteiger charge is -2.02. The summed E-state index contributed by atoms with van der Waals surface area (Å²) >= 11 is 0. The van der Waals surface area contributed by atoms with Gasteiger partial charge in [0.15, 0.2) is 0 Å². The van der Waals surface area contributed by atoms with Gasteiger partial charge in [0.25, 0.3) is 0 Å². The van der Waals surface area contributed by atoms with E-state index in [1.165, 1.54) is 12.1 Å². The van der Waals surface area contributed by atoms with Gasteiger partial charge in [-0.2, -0.15) is 0 Å². The van der Waals surface area contributed by atoms with Gasteiger partial charge in [-0.3, -0.25) is 0 Å². The molecule has 4 nitrogen and oxygen atoms in total. The number of benzene rings is 1. The summed E-state index contributed by atoms with van der Waals surface area (Å²) in [5.74, 6) is 1.27. The van der Waals surface area contributed by atoms with Crippen LogP contribution < -0.4 is 5.73 Å². The van der Waals surface area contributed by atoms with Crippen molar-refractivity contribution in [3.05, 3.63) is 47.3 Å². The molecule has 0 saturated carbocycles. The summed E-state index contributed by atoms with van der Waals surface area (Å²) in [6.45, 7) is 0.354. The highest BCUT2D eigenvalue weighted by atomic mass is 19.1. The lowest BCUT2D eigenvalue weighted by atomic mass is 10.1. The highest BCUT2D eigenvalue weighted by Crippen LogP contribution is 2.09. The standard InChI is InChI=1S/C11H13FN4/c1-16-10(14-15-11(16)7-13)6-8-3-2-4-9(12)5-8/h2-5H,6-7,13H2,1H3. The van der Waals surface area contributed by atoms with Crippen molar-refractivity contribution in [1.29, 1.82) is 0 Å². The van der Waals surface area contributed by atoms with E-state index in [-0.39, 0.29) is 5.82 Å². The van der Waals surface area contributed by atoms with Crippen LogP contribution in [0.4, 0.5) is 4.39 Å². The number of halogens is 1. The molecule has 0 saturated heterocycles. The maximum atomic E-state index is 13.0. The van der Waals surface area contributed by atoms with Crippen LogP contribution >= 0.6 is 0 Å². The van der Waals surface area contributed by atoms with Gasteiger partial charge in [0, 0.05) is 13.5 Å². The maximum Gasteiger partial charge on any atom is 0.146 e. The third kappa shape index (κ3) is 2.09. The van der Waals surface area contributed by atoms with Crippen LogP contribution in [0.15, 0.2) is 24.3 Å². The number of aromatic nitrogens is 3. The summed E-state index contributed by atoms with van der Waals surface area (Å²) in [7, 11) is 1.86. The molecule has 0 fully saturated rings. The van der Waals surface area contributed by atoms with Crippen LogP contribution in [0.3, 0.4) is 0 Å². The van der Waals surface area contributed by atoms with Crippen LogP contribution in [0, 0.1) is 5.82 Å². The van der Waals surface area contributed by atoms with Gasteiger partial charge in [-0.05, 0) is 17.7 Å². The zero-order valence-electron chi connectivity index (χ0n) is 9.02. The molecule has 0 spiro atoms. The summed E-state index contributed by atoms with van der Waals surface area (Å²) in [6.07, 6.45) is 0.557. The van der Waals surface area contributed by atoms with Gasteiger partial charge < -0.3 is 10.3 Å². The van der Waals surface area contributed by atoms with E-state index in [2.05, 4.69) is 10.2 Å². The summed E-state index contributed by atoms with van der Waals surface area (Å²) in [6, 6.07) is 6.47. The van der Waals surface area contributed by atoms with Crippen molar-refractivity contribution in [3.8, 4) is 0 Å². The van der Waals surface area contributed by atoms with Gasteiger partial charge in [0.1, 0.15) is 17.5 Å². The predicted molar refractivity (Wildman–Crippen MR) is 58.1 cm³/mol. The number of nitrogens with zero attached hydrogens (tertiary/aromatic N) is 3. The molecule has 2 rings (SSSR count). The predicted octanol–water partition coefficient (Wildman–Crippen LogP) is 1.00. The van der Waals surface area contributed by atoms with Crippen molar-refractivity contribution in [2.24, 2.45) is 12.8 Å². The summed E-state index contributed by atoms with van der Waals surface area (Å²) < 4.78 is 14.8. The van der Waals surface area contributed by atoms with Crippen molar-refractivity contribution in [3.63, 3.8) is 0 Å². The fraction of sp³-hybridized carbons (Fsp3) is 0.273. The Morgan fingerprint density at radius 3 is 2.69 bits per heavy atom. The smallest absolute Gasteiger partial charge is 0.146 e. The first kappa shape index (κ1) is 10.8. The normalized spacial score (nSPS) is 10.7. The molecule has 0 aliphatic rings. The van der Waals surface area contributed by atoms with Crippen molar-refractivity contribution in [2.45, 2.75) is 13.0 Å². The molecule has 2 aromatic rings. The third-order valence-corrected chi connectivity index (χ3v) is 2.49. The average molecular weight is 220 g/mol. The van der Waals surface area contributed by atoms with Crippen LogP contribution in [0.2, 0.25) is 0 Å². The van der Waals surface area contributed by atoms with E-state index in [4.69, 9.17) is 5.73 Å². The molecule has 0 aliphatic heterocycles. The molecule has 84 valence electrons. The van der Waals surface area contributed by atoms with Crippen molar-refractivity contribution in [1.82, 2.24) is 14.8 Å². The third-order valence-electron chi connectivity index (χ3n) is 2.49. The Morgan fingerprint density at radius 2 is 2.06 bits per heavy atom. The van der Waals surface area contributed by atoms with Crippen LogP contribution in [0.25, 0.3) is 0 Å². The van der Waals surface area contributed by atoms with Crippen LogP contribution in [-0.4, -0.2) is 14.8 Å². The molecule has 0 aliphatic carbocycles. The van der Waals surface area contributed by atoms with Crippen molar-refractivity contribution >= 4 is 0 Å². The largest absolute Gasteiger partial charge is 0.324 e. The zero-order valence-corrected chi connectivity index (χ0v) is 9.02. The molecule has 5 heteroatoms. The maximum absolute atomic E-state index is 13.0. The van der Waals surface area contributed by atoms with Crippen LogP contribution in [-0.2, 0) is 20.0 Å². The Bertz CT molecular complexity index is 492. The quantitative estimate of drug-likeness (QED) is 0.839. The second-order valence-corrected chi connectivity index (χ2v) is 3.60. The van der Waals surface area contributed by atoms with E-state index >= 15 is 0 Å². The average Bonchev–Trinajstić information content (AvgIpc) is 2.60. The Balaban J connectivity index is 2.24. The number of nitrogens with two attached hydrogens (primary N) is 1. The first-order valence-electron chi connectivity index (χ1n) is 5.02. The van der Waals surface area contributed by atoms with E-state index in [0.717, 1.165) is 17.2 Å². The summed E-state index contributed by atoms with van der Waals surface area (Å²) in [4.78, 5) is 0. The van der Waals surface area contributed by atoms with Gasteiger partial charge in [-0.1, -0.05) is 12.1 Å². The zero-order chi connectivity index (χ0) is 11.5. The molecule has 0 bridgehead atoms. The lowest BCUT2D eigenvalue weighted by Crippen LogP contribution is -2.07. The molecule has 16 heavy (non-hydrogen) atoms. The van der Waals surface area contributed by atoms with E-state index in [1.54, 1.807) is 6.07 Å². The Kier molecular flexibility index (Phi) is 2.96. The highest BCUT2D eigenvalue weighted by molar-refractivity contribution is 5.20. The molecule has 1 aromatic carbocycles. The van der Waals surface area contributed by atoms with E-state index < -0.39 is 0 Å². The van der Waals surface area contributed by atoms with Gasteiger partial charge >= 0.3 is 0 Å². The van der Waals surface area contributed by atoms with E-state index in [0.29, 0.717) is 13.0 Å². The van der Waals surface area contributed by atoms with Gasteiger partial charge in [-0.15, -0.1) is 10.2 Å². The highest BCUT2D eigenvalue weighted by Gasteiger charge is 2.07. The van der Waals surface area contributed by atoms with Gasteiger partial charge in [-0.25, -0.2) is 4.39 Å². The molecule has 1 aromatic heterocycles. The molecule has 2 N–H and O–H groups in total. The van der Waals surface area contributed by atoms with Crippen molar-refractivity contribution < 1.29 is 4.39 Å². The van der Waals surface area contributed by atoms with Crippen LogP contribution in [0.1, 0.15) is 17.2 Å². The minimum atomic E-state index is -0.237. The number of hydrogen-bond donors (Lipinski definition) is 1. The summed E-state index contributed by atoms with van der Waals surface area (Å²) in [5.41, 5.74) is 6.37. The van der Waals surface area contributed by atoms with Crippen molar-refractivity contribution in [2.75, 3.05) is 0 Å². The first-order valence-corrected chi connectivity index (χ1v) is 5.02. The fourth-order valence-electron chi connectivity index (χ4n) is 1.56. The van der Waals surface area contributed by atoms with Gasteiger partial charge in [0.05, 0.1) is 6.54 Å². The number of rotatable bonds is 3. The fourth-order valence-corrected chi connectivity index (χ4v) is 1.56. The monoisotopic (exact) mass is 220 g/mol. The molecule has 0 radical (unpaired) electrons. The molecule has 1 heterocycles. The minimum absolute atomic E-state index is 0.237. The molecule has 0 unspecified atom stereocenters. The topological polar surface area (TPSA) is 56.7 Å². The first-order chi connectivity index (χ1) is 7.70. The Labute approximate surface area is 92.9 Å². The van der Waals surface area contributed by atoms with E-state index in [1.807, 2.05) is 17.7 Å². The molecule has 0 amide bonds. The Hall–Kier alpha value is -1.75.